The van der Waals surface area contributed by atoms with E-state index in [1.807, 2.05) is 0 Å². The van der Waals surface area contributed by atoms with Gasteiger partial charge >= 0.3 is 6.09 Å². The third kappa shape index (κ3) is 8.71. The summed E-state index contributed by atoms with van der Waals surface area (Å²) in [6.45, 7) is 8.50. The Morgan fingerprint density at radius 1 is 1.13 bits per heavy atom. The molecule has 15 heteroatoms. The topological polar surface area (TPSA) is 202 Å². The van der Waals surface area contributed by atoms with Crippen LogP contribution in [0.15, 0.2) is 6.20 Å². The van der Waals surface area contributed by atoms with Gasteiger partial charge in [-0.1, -0.05) is 37.3 Å². The van der Waals surface area contributed by atoms with E-state index in [1.165, 1.54) is 15.8 Å². The van der Waals surface area contributed by atoms with Crippen molar-refractivity contribution in [2.24, 2.45) is 11.7 Å². The fourth-order valence-electron chi connectivity index (χ4n) is 6.87. The second kappa shape index (κ2) is 14.5. The van der Waals surface area contributed by atoms with E-state index < -0.39 is 64.8 Å². The molecule has 0 bridgehead atoms. The van der Waals surface area contributed by atoms with Crippen LogP contribution in [0.5, 0.6) is 0 Å². The normalized spacial score (nSPS) is 23.8. The average molecular weight is 666 g/mol. The number of amides is 4. The summed E-state index contributed by atoms with van der Waals surface area (Å²) in [5.41, 5.74) is 2.58. The number of hydrogen-bond donors (Lipinski definition) is 5. The Hall–Kier alpha value is -2.91. The van der Waals surface area contributed by atoms with Crippen LogP contribution in [-0.2, 0) is 24.7 Å². The van der Waals surface area contributed by atoms with Crippen molar-refractivity contribution in [1.82, 2.24) is 30.5 Å². The van der Waals surface area contributed by atoms with Crippen LogP contribution in [0.2, 0.25) is 0 Å². The number of ether oxygens (including phenoxy) is 1. The molecule has 3 aliphatic rings. The maximum Gasteiger partial charge on any atom is 0.408 e. The van der Waals surface area contributed by atoms with E-state index in [-0.39, 0.29) is 18.9 Å². The number of thioether (sulfide) groups is 1. The minimum atomic E-state index is -1.61. The Balaban J connectivity index is 1.68. The summed E-state index contributed by atoms with van der Waals surface area (Å²) in [5, 5.41) is 35.6. The predicted octanol–water partition coefficient (Wildman–Crippen LogP) is 1.74. The highest BCUT2D eigenvalue weighted by atomic mass is 32.2. The molecule has 0 spiro atoms. The molecule has 4 amide bonds. The van der Waals surface area contributed by atoms with Gasteiger partial charge in [-0.2, -0.15) is 11.8 Å². The van der Waals surface area contributed by atoms with Gasteiger partial charge in [-0.3, -0.25) is 14.4 Å². The lowest BCUT2D eigenvalue weighted by atomic mass is 9.84. The van der Waals surface area contributed by atoms with Gasteiger partial charge < -0.3 is 36.2 Å². The summed E-state index contributed by atoms with van der Waals surface area (Å²) in [6, 6.07) is -2.51. The summed E-state index contributed by atoms with van der Waals surface area (Å²) < 4.78 is 7.05. The van der Waals surface area contributed by atoms with Crippen LogP contribution in [0.3, 0.4) is 0 Å². The molecule has 2 aliphatic heterocycles. The van der Waals surface area contributed by atoms with Crippen molar-refractivity contribution in [3.63, 3.8) is 0 Å². The molecule has 4 atom stereocenters. The third-order valence-corrected chi connectivity index (χ3v) is 10.2. The van der Waals surface area contributed by atoms with Gasteiger partial charge in [0.2, 0.25) is 17.7 Å². The van der Waals surface area contributed by atoms with Gasteiger partial charge in [-0.05, 0) is 71.3 Å². The van der Waals surface area contributed by atoms with E-state index in [9.17, 15) is 29.4 Å². The maximum atomic E-state index is 14.5. The summed E-state index contributed by atoms with van der Waals surface area (Å²) in [6.07, 6.45) is 5.40. The number of likely N-dealkylation sites (tertiary alicyclic amines) is 1. The zero-order valence-electron chi connectivity index (χ0n) is 27.7. The molecule has 1 unspecified atom stereocenters. The van der Waals surface area contributed by atoms with Gasteiger partial charge in [-0.25, -0.2) is 9.48 Å². The highest BCUT2D eigenvalue weighted by Crippen LogP contribution is 2.35. The van der Waals surface area contributed by atoms with Crippen LogP contribution in [0, 0.1) is 5.92 Å². The van der Waals surface area contributed by atoms with Crippen LogP contribution in [0.25, 0.3) is 0 Å². The smallest absolute Gasteiger partial charge is 0.408 e. The van der Waals surface area contributed by atoms with E-state index in [1.54, 1.807) is 46.4 Å². The largest absolute Gasteiger partial charge is 0.444 e. The van der Waals surface area contributed by atoms with Crippen molar-refractivity contribution in [2.75, 3.05) is 18.1 Å². The maximum absolute atomic E-state index is 14.5. The van der Waals surface area contributed by atoms with E-state index in [2.05, 4.69) is 20.9 Å². The number of aliphatic hydroxyl groups excluding tert-OH is 1. The predicted molar refractivity (Wildman–Crippen MR) is 171 cm³/mol. The molecular weight excluding hydrogens is 614 g/mol. The number of nitrogens with two attached hydrogens (primary N) is 1. The minimum absolute atomic E-state index is 0.0573. The number of nitrogens with zero attached hydrogens (tertiary/aromatic N) is 4. The zero-order valence-corrected chi connectivity index (χ0v) is 28.5. The first kappa shape index (κ1) is 35.9. The van der Waals surface area contributed by atoms with E-state index >= 15 is 0 Å². The molecule has 4 rings (SSSR count). The highest BCUT2D eigenvalue weighted by Gasteiger charge is 2.49. The van der Waals surface area contributed by atoms with Crippen molar-refractivity contribution >= 4 is 35.6 Å². The summed E-state index contributed by atoms with van der Waals surface area (Å²) in [4.78, 5) is 55.3. The van der Waals surface area contributed by atoms with Gasteiger partial charge in [0.1, 0.15) is 23.3 Å². The number of rotatable bonds is 10. The lowest BCUT2D eigenvalue weighted by Crippen LogP contribution is -2.65. The Morgan fingerprint density at radius 3 is 2.37 bits per heavy atom. The molecular formula is C31H51N7O7S. The molecule has 3 heterocycles. The van der Waals surface area contributed by atoms with Crippen molar-refractivity contribution in [3.8, 4) is 0 Å². The lowest BCUT2D eigenvalue weighted by molar-refractivity contribution is -0.143. The first-order valence-electron chi connectivity index (χ1n) is 16.3. The molecule has 1 saturated carbocycles. The van der Waals surface area contributed by atoms with Gasteiger partial charge in [0.25, 0.3) is 0 Å². The number of carbonyl (C=O) groups is 4. The number of nitrogens with one attached hydrogen (secondary N) is 2. The van der Waals surface area contributed by atoms with E-state index in [4.69, 9.17) is 10.5 Å². The molecule has 1 aromatic rings. The first-order valence-corrected chi connectivity index (χ1v) is 17.5. The summed E-state index contributed by atoms with van der Waals surface area (Å²) >= 11 is 1.65. The van der Waals surface area contributed by atoms with E-state index in [0.29, 0.717) is 36.5 Å². The number of alkyl carbamates (subject to hydrolysis) is 1. The van der Waals surface area contributed by atoms with Crippen LogP contribution >= 0.6 is 11.8 Å². The van der Waals surface area contributed by atoms with E-state index in [0.717, 1.165) is 32.1 Å². The number of carbonyl (C=O) groups excluding carboxylic acids is 4. The van der Waals surface area contributed by atoms with Crippen LogP contribution in [0.1, 0.15) is 104 Å². The highest BCUT2D eigenvalue weighted by molar-refractivity contribution is 7.99. The second-order valence-electron chi connectivity index (χ2n) is 14.5. The molecule has 14 nitrogen and oxygen atoms in total. The third-order valence-electron chi connectivity index (χ3n) is 9.25. The molecule has 258 valence electrons. The number of aromatic nitrogens is 3. The van der Waals surface area contributed by atoms with Crippen molar-refractivity contribution < 1.29 is 34.1 Å². The fourth-order valence-corrected chi connectivity index (χ4v) is 8.09. The summed E-state index contributed by atoms with van der Waals surface area (Å²) in [7, 11) is 0. The van der Waals surface area contributed by atoms with Gasteiger partial charge in [0.05, 0.1) is 23.5 Å². The molecule has 1 aliphatic carbocycles. The molecule has 3 fully saturated rings. The Bertz CT molecular complexity index is 1250. The van der Waals surface area contributed by atoms with Crippen molar-refractivity contribution in [1.29, 1.82) is 0 Å². The Labute approximate surface area is 274 Å². The Morgan fingerprint density at radius 2 is 1.78 bits per heavy atom. The SMILES string of the molecule is CC(C)(C)OC(=O)N[C@H](CC1CCCCC1)C(=O)N1C[C@@H](n2nncc2C(C)(C)O)C[C@H]1C(=O)NC1(C(O)C(N)=O)CCSCC1. The lowest BCUT2D eigenvalue weighted by Gasteiger charge is -2.41. The average Bonchev–Trinajstić information content (AvgIpc) is 3.64. The number of primary amides is 1. The second-order valence-corrected chi connectivity index (χ2v) is 15.7. The van der Waals surface area contributed by atoms with Crippen molar-refractivity contribution in [3.05, 3.63) is 11.9 Å². The first-order chi connectivity index (χ1) is 21.5. The zero-order chi connectivity index (χ0) is 33.9. The monoisotopic (exact) mass is 665 g/mol. The number of aliphatic hydroxyl groups is 2. The minimum Gasteiger partial charge on any atom is -0.444 e. The van der Waals surface area contributed by atoms with Crippen LogP contribution in [-0.4, -0.2) is 101 Å². The van der Waals surface area contributed by atoms with Crippen LogP contribution < -0.4 is 16.4 Å². The number of hydrogen-bond acceptors (Lipinski definition) is 10. The standard InChI is InChI=1S/C31H51N7O7S/c1-29(2,3)45-28(43)34-21(15-19-9-7-6-8-10-19)27(42)37-18-20(38-23(17-33-36-38)30(4,5)44)16-22(37)26(41)35-31(24(39)25(32)40)11-13-46-14-12-31/h17,19-22,24,39,44H,6-16,18H2,1-5H3,(H2,32,40)(H,34,43)(H,35,41)/t20-,21+,22-,24?/m0/s1. The van der Waals surface area contributed by atoms with Gasteiger partial charge in [-0.15, -0.1) is 5.10 Å². The summed E-state index contributed by atoms with van der Waals surface area (Å²) in [5.74, 6) is -0.477. The fraction of sp³-hybridized carbons (Fsp3) is 0.806. The molecule has 0 radical (unpaired) electrons. The Kier molecular flexibility index (Phi) is 11.3. The van der Waals surface area contributed by atoms with Gasteiger partial charge in [0.15, 0.2) is 6.10 Å². The molecule has 6 N–H and O–H groups in total. The molecule has 2 saturated heterocycles. The quantitative estimate of drug-likeness (QED) is 0.245. The molecule has 1 aromatic heterocycles. The molecule has 46 heavy (non-hydrogen) atoms. The molecule has 0 aromatic carbocycles. The van der Waals surface area contributed by atoms with Crippen LogP contribution in [0.4, 0.5) is 4.79 Å². The van der Waals surface area contributed by atoms with Gasteiger partial charge in [0, 0.05) is 13.0 Å². The van der Waals surface area contributed by atoms with Crippen molar-refractivity contribution in [2.45, 2.75) is 133 Å².